The minimum absolute atomic E-state index is 0.0259. The van der Waals surface area contributed by atoms with Crippen molar-refractivity contribution in [1.82, 2.24) is 10.6 Å². The molecule has 31 heavy (non-hydrogen) atoms. The predicted octanol–water partition coefficient (Wildman–Crippen LogP) is 4.56. The second kappa shape index (κ2) is 14.2. The summed E-state index contributed by atoms with van der Waals surface area (Å²) in [5.41, 5.74) is -0.201. The zero-order valence-corrected chi connectivity index (χ0v) is 21.9. The van der Waals surface area contributed by atoms with Gasteiger partial charge in [-0.3, -0.25) is 9.59 Å². The minimum atomic E-state index is -0.734. The van der Waals surface area contributed by atoms with Gasteiger partial charge in [0.15, 0.2) is 5.79 Å². The molecular weight excluding hydrogens is 392 g/mol. The molecule has 2 N–H and O–H groups in total. The van der Waals surface area contributed by atoms with Crippen LogP contribution in [-0.2, 0) is 19.1 Å². The van der Waals surface area contributed by atoms with Gasteiger partial charge >= 0.3 is 0 Å². The molecule has 0 rings (SSSR count). The van der Waals surface area contributed by atoms with Crippen LogP contribution in [-0.4, -0.2) is 49.8 Å². The van der Waals surface area contributed by atoms with E-state index >= 15 is 0 Å². The van der Waals surface area contributed by atoms with E-state index in [9.17, 15) is 9.59 Å². The number of carbonyl (C=O) groups excluding carboxylic acids is 2. The highest BCUT2D eigenvalue weighted by Gasteiger charge is 2.39. The first kappa shape index (κ1) is 30.0. The van der Waals surface area contributed by atoms with E-state index in [0.29, 0.717) is 50.3 Å². The van der Waals surface area contributed by atoms with Gasteiger partial charge in [-0.15, -0.1) is 0 Å². The lowest BCUT2D eigenvalue weighted by atomic mass is 9.86. The Kier molecular flexibility index (Phi) is 13.8. The molecule has 0 spiro atoms. The summed E-state index contributed by atoms with van der Waals surface area (Å²) in [4.78, 5) is 24.2. The van der Waals surface area contributed by atoms with Gasteiger partial charge in [-0.25, -0.2) is 0 Å². The van der Waals surface area contributed by atoms with Gasteiger partial charge in [0.05, 0.1) is 13.2 Å². The zero-order valence-electron chi connectivity index (χ0n) is 21.9. The Morgan fingerprint density at radius 3 is 1.81 bits per heavy atom. The summed E-state index contributed by atoms with van der Waals surface area (Å²) in [5.74, 6) is 0.212. The highest BCUT2D eigenvalue weighted by Crippen LogP contribution is 2.34. The Morgan fingerprint density at radius 2 is 1.32 bits per heavy atom. The fraction of sp³-hybridized carbons (Fsp3) is 0.920. The van der Waals surface area contributed by atoms with Gasteiger partial charge in [0, 0.05) is 43.3 Å². The first-order chi connectivity index (χ1) is 14.2. The lowest BCUT2D eigenvalue weighted by molar-refractivity contribution is -0.276. The van der Waals surface area contributed by atoms with Crippen molar-refractivity contribution in [3.63, 3.8) is 0 Å². The lowest BCUT2D eigenvalue weighted by Gasteiger charge is -2.41. The van der Waals surface area contributed by atoms with Gasteiger partial charge in [-0.05, 0) is 25.2 Å². The normalized spacial score (nSPS) is 16.3. The molecule has 1 amide bonds. The summed E-state index contributed by atoms with van der Waals surface area (Å²) >= 11 is 0. The molecule has 0 aromatic heterocycles. The van der Waals surface area contributed by atoms with Crippen LogP contribution in [0.25, 0.3) is 0 Å². The van der Waals surface area contributed by atoms with Crippen molar-refractivity contribution in [2.45, 2.75) is 100 Å². The van der Waals surface area contributed by atoms with E-state index in [1.165, 1.54) is 0 Å². The van der Waals surface area contributed by atoms with Crippen molar-refractivity contribution < 1.29 is 19.1 Å². The van der Waals surface area contributed by atoms with Gasteiger partial charge in [0.1, 0.15) is 5.78 Å². The second-order valence-electron chi connectivity index (χ2n) is 10.8. The number of ketones is 1. The van der Waals surface area contributed by atoms with Crippen molar-refractivity contribution in [3.05, 3.63) is 0 Å². The molecule has 0 bridgehead atoms. The predicted molar refractivity (Wildman–Crippen MR) is 128 cm³/mol. The third kappa shape index (κ3) is 13.2. The average Bonchev–Trinajstić information content (AvgIpc) is 2.60. The molecule has 3 unspecified atom stereocenters. The summed E-state index contributed by atoms with van der Waals surface area (Å²) in [6.45, 7) is 22.7. The molecule has 0 aliphatic rings. The maximum absolute atomic E-state index is 12.3. The van der Waals surface area contributed by atoms with Gasteiger partial charge < -0.3 is 20.1 Å². The summed E-state index contributed by atoms with van der Waals surface area (Å²) in [7, 11) is 0. The number of rotatable bonds is 16. The van der Waals surface area contributed by atoms with Crippen molar-refractivity contribution in [2.75, 3.05) is 26.3 Å². The number of amides is 1. The van der Waals surface area contributed by atoms with Gasteiger partial charge in [0.25, 0.3) is 0 Å². The van der Waals surface area contributed by atoms with Crippen molar-refractivity contribution in [1.29, 1.82) is 0 Å². The Labute approximate surface area is 191 Å². The molecule has 0 fully saturated rings. The van der Waals surface area contributed by atoms with Gasteiger partial charge in [-0.2, -0.15) is 0 Å². The zero-order chi connectivity index (χ0) is 24.2. The van der Waals surface area contributed by atoms with Crippen LogP contribution in [0, 0.1) is 23.2 Å². The SMILES string of the molecule is CC(CC(=O)NCCOC(C)(OCCNC(C)C)C(C)(C)C)CC(C)CC(=O)C(C)C. The Morgan fingerprint density at radius 1 is 0.806 bits per heavy atom. The first-order valence-corrected chi connectivity index (χ1v) is 12.0. The Balaban J connectivity index is 4.32. The quantitative estimate of drug-likeness (QED) is 0.271. The topological polar surface area (TPSA) is 76.7 Å². The van der Waals surface area contributed by atoms with E-state index in [4.69, 9.17) is 9.47 Å². The molecule has 0 radical (unpaired) electrons. The van der Waals surface area contributed by atoms with E-state index in [2.05, 4.69) is 59.1 Å². The van der Waals surface area contributed by atoms with Crippen LogP contribution >= 0.6 is 0 Å². The summed E-state index contributed by atoms with van der Waals surface area (Å²) in [6.07, 6.45) is 1.94. The van der Waals surface area contributed by atoms with E-state index in [1.807, 2.05) is 20.8 Å². The number of Topliss-reactive ketones (excluding diaryl/α,β-unsaturated/α-hetero) is 1. The highest BCUT2D eigenvalue weighted by atomic mass is 16.7. The van der Waals surface area contributed by atoms with Gasteiger partial charge in [0.2, 0.25) is 5.91 Å². The number of hydrogen-bond acceptors (Lipinski definition) is 5. The fourth-order valence-corrected chi connectivity index (χ4v) is 3.33. The van der Waals surface area contributed by atoms with Crippen molar-refractivity contribution >= 4 is 11.7 Å². The summed E-state index contributed by atoms with van der Waals surface area (Å²) in [5, 5.41) is 6.30. The molecule has 3 atom stereocenters. The van der Waals surface area contributed by atoms with Crippen LogP contribution in [0.5, 0.6) is 0 Å². The monoisotopic (exact) mass is 442 g/mol. The van der Waals surface area contributed by atoms with Crippen LogP contribution in [0.2, 0.25) is 0 Å². The molecule has 0 aromatic carbocycles. The number of nitrogens with one attached hydrogen (secondary N) is 2. The second-order valence-corrected chi connectivity index (χ2v) is 10.8. The number of carbonyl (C=O) groups is 2. The van der Waals surface area contributed by atoms with E-state index in [1.54, 1.807) is 0 Å². The molecule has 6 nitrogen and oxygen atoms in total. The molecule has 0 saturated carbocycles. The van der Waals surface area contributed by atoms with Crippen molar-refractivity contribution in [2.24, 2.45) is 23.2 Å². The van der Waals surface area contributed by atoms with E-state index in [0.717, 1.165) is 13.0 Å². The number of ether oxygens (including phenoxy) is 2. The van der Waals surface area contributed by atoms with Crippen LogP contribution in [0.4, 0.5) is 0 Å². The largest absolute Gasteiger partial charge is 0.354 e. The molecule has 184 valence electrons. The third-order valence-electron chi connectivity index (χ3n) is 5.73. The maximum atomic E-state index is 12.3. The van der Waals surface area contributed by atoms with Gasteiger partial charge in [-0.1, -0.05) is 62.3 Å². The molecule has 0 aliphatic carbocycles. The van der Waals surface area contributed by atoms with Crippen LogP contribution in [0.3, 0.4) is 0 Å². The average molecular weight is 443 g/mol. The smallest absolute Gasteiger partial charge is 0.220 e. The first-order valence-electron chi connectivity index (χ1n) is 12.0. The summed E-state index contributed by atoms with van der Waals surface area (Å²) in [6, 6.07) is 0.418. The van der Waals surface area contributed by atoms with Crippen LogP contribution in [0.15, 0.2) is 0 Å². The molecule has 6 heteroatoms. The molecule has 0 saturated heterocycles. The molecule has 0 heterocycles. The van der Waals surface area contributed by atoms with Crippen molar-refractivity contribution in [3.8, 4) is 0 Å². The molecule has 0 aliphatic heterocycles. The minimum Gasteiger partial charge on any atom is -0.354 e. The molecule has 0 aromatic rings. The van der Waals surface area contributed by atoms with E-state index < -0.39 is 5.79 Å². The Bertz CT molecular complexity index is 528. The number of hydrogen-bond donors (Lipinski definition) is 2. The lowest BCUT2D eigenvalue weighted by Crippen LogP contribution is -2.47. The summed E-state index contributed by atoms with van der Waals surface area (Å²) < 4.78 is 12.2. The maximum Gasteiger partial charge on any atom is 0.220 e. The van der Waals surface area contributed by atoms with Crippen LogP contribution in [0.1, 0.15) is 88.5 Å². The van der Waals surface area contributed by atoms with Crippen LogP contribution < -0.4 is 10.6 Å². The standard InChI is InChI=1S/C25H50N2O4/c1-18(2)22(28)16-20(5)15-21(6)17-23(29)27-12-14-31-25(10,24(7,8)9)30-13-11-26-19(3)4/h18-21,26H,11-17H2,1-10H3,(H,27,29). The van der Waals surface area contributed by atoms with E-state index in [-0.39, 0.29) is 23.2 Å². The molecular formula is C25H50N2O4. The third-order valence-corrected chi connectivity index (χ3v) is 5.73. The fourth-order valence-electron chi connectivity index (χ4n) is 3.33. The Hall–Kier alpha value is -0.980. The highest BCUT2D eigenvalue weighted by molar-refractivity contribution is 5.80.